The Balaban J connectivity index is 1.63. The third-order valence-corrected chi connectivity index (χ3v) is 5.46. The minimum absolute atomic E-state index is 0.278. The number of fused-ring (bicyclic) bond motifs is 2. The summed E-state index contributed by atoms with van der Waals surface area (Å²) in [6, 6.07) is 7.17. The fraction of sp³-hybridized carbons (Fsp3) is 0.450. The van der Waals surface area contributed by atoms with Crippen LogP contribution in [-0.2, 0) is 16.8 Å². The zero-order chi connectivity index (χ0) is 18.1. The molecule has 6 heteroatoms. The van der Waals surface area contributed by atoms with Gasteiger partial charge >= 0.3 is 0 Å². The maximum absolute atomic E-state index is 14.1. The predicted octanol–water partition coefficient (Wildman–Crippen LogP) is 3.31. The molecular weight excluding hydrogens is 335 g/mol. The van der Waals surface area contributed by atoms with E-state index in [1.165, 1.54) is 17.2 Å². The number of piperidine rings is 1. The van der Waals surface area contributed by atoms with E-state index in [1.807, 2.05) is 11.0 Å². The second-order valence-electron chi connectivity index (χ2n) is 6.75. The van der Waals surface area contributed by atoms with Gasteiger partial charge in [0.1, 0.15) is 0 Å². The van der Waals surface area contributed by atoms with Crippen LogP contribution in [0.4, 0.5) is 10.2 Å². The van der Waals surface area contributed by atoms with Crippen molar-refractivity contribution in [2.24, 2.45) is 0 Å². The van der Waals surface area contributed by atoms with Crippen LogP contribution in [0.25, 0.3) is 0 Å². The Hall–Kier alpha value is -2.34. The largest absolute Gasteiger partial charge is 0.493 e. The monoisotopic (exact) mass is 358 g/mol. The quantitative estimate of drug-likeness (QED) is 0.842. The van der Waals surface area contributed by atoms with Gasteiger partial charge < -0.3 is 19.1 Å². The number of pyridine rings is 1. The molecule has 26 heavy (non-hydrogen) atoms. The van der Waals surface area contributed by atoms with E-state index < -0.39 is 0 Å². The number of hydrogen-bond acceptors (Lipinski definition) is 5. The lowest BCUT2D eigenvalue weighted by molar-refractivity contribution is -0.0769. The molecule has 4 rings (SSSR count). The molecule has 2 aliphatic rings. The maximum atomic E-state index is 14.1. The van der Waals surface area contributed by atoms with E-state index in [2.05, 4.69) is 11.1 Å². The number of benzene rings is 1. The van der Waals surface area contributed by atoms with E-state index in [4.69, 9.17) is 14.2 Å². The molecule has 0 N–H and O–H groups in total. The van der Waals surface area contributed by atoms with Crippen molar-refractivity contribution in [3.63, 3.8) is 0 Å². The van der Waals surface area contributed by atoms with Gasteiger partial charge in [-0.1, -0.05) is 0 Å². The lowest BCUT2D eigenvalue weighted by atomic mass is 9.79. The summed E-state index contributed by atoms with van der Waals surface area (Å²) in [4.78, 5) is 6.20. The fourth-order valence-corrected chi connectivity index (χ4v) is 4.09. The van der Waals surface area contributed by atoms with Crippen molar-refractivity contribution in [2.75, 3.05) is 38.8 Å². The smallest absolute Gasteiger partial charge is 0.165 e. The van der Waals surface area contributed by atoms with Crippen molar-refractivity contribution >= 4 is 5.82 Å². The van der Waals surface area contributed by atoms with Gasteiger partial charge in [0.15, 0.2) is 23.1 Å². The molecule has 0 amide bonds. The summed E-state index contributed by atoms with van der Waals surface area (Å²) in [7, 11) is 3.30. The predicted molar refractivity (Wildman–Crippen MR) is 96.5 cm³/mol. The van der Waals surface area contributed by atoms with Crippen LogP contribution in [0.5, 0.6) is 11.5 Å². The van der Waals surface area contributed by atoms with Crippen LogP contribution >= 0.6 is 0 Å². The van der Waals surface area contributed by atoms with Gasteiger partial charge in [-0.05, 0) is 54.7 Å². The number of ether oxygens (including phenoxy) is 3. The normalized spacial score (nSPS) is 18.5. The summed E-state index contributed by atoms with van der Waals surface area (Å²) in [6.45, 7) is 2.07. The van der Waals surface area contributed by atoms with Crippen LogP contribution in [0, 0.1) is 5.82 Å². The van der Waals surface area contributed by atoms with E-state index in [0.29, 0.717) is 31.3 Å². The Morgan fingerprint density at radius 1 is 1.15 bits per heavy atom. The minimum Gasteiger partial charge on any atom is -0.493 e. The van der Waals surface area contributed by atoms with Crippen molar-refractivity contribution in [1.82, 2.24) is 4.98 Å². The zero-order valence-electron chi connectivity index (χ0n) is 15.1. The average Bonchev–Trinajstić information content (AvgIpc) is 2.68. The molecule has 0 radical (unpaired) electrons. The van der Waals surface area contributed by atoms with Crippen molar-refractivity contribution < 1.29 is 18.6 Å². The Bertz CT molecular complexity index is 804. The SMILES string of the molecule is COc1cc2c(cc1OC)C1(CCN(c3ncccc3F)CC1)OCC2. The molecule has 1 aromatic carbocycles. The van der Waals surface area contributed by atoms with Gasteiger partial charge in [0.05, 0.1) is 26.4 Å². The van der Waals surface area contributed by atoms with Gasteiger partial charge in [-0.2, -0.15) is 0 Å². The van der Waals surface area contributed by atoms with Crippen LogP contribution in [0.2, 0.25) is 0 Å². The molecule has 138 valence electrons. The molecule has 1 fully saturated rings. The van der Waals surface area contributed by atoms with Crippen LogP contribution < -0.4 is 14.4 Å². The first-order chi connectivity index (χ1) is 12.7. The molecule has 2 aliphatic heterocycles. The molecule has 0 saturated carbocycles. The highest BCUT2D eigenvalue weighted by atomic mass is 19.1. The van der Waals surface area contributed by atoms with E-state index in [-0.39, 0.29) is 11.4 Å². The summed E-state index contributed by atoms with van der Waals surface area (Å²) < 4.78 is 31.3. The first-order valence-electron chi connectivity index (χ1n) is 8.92. The first-order valence-corrected chi connectivity index (χ1v) is 8.92. The third kappa shape index (κ3) is 2.78. The molecule has 1 spiro atoms. The van der Waals surface area contributed by atoms with Gasteiger partial charge in [0.25, 0.3) is 0 Å². The lowest BCUT2D eigenvalue weighted by Gasteiger charge is -2.45. The van der Waals surface area contributed by atoms with Crippen LogP contribution in [0.15, 0.2) is 30.5 Å². The van der Waals surface area contributed by atoms with Gasteiger partial charge in [0.2, 0.25) is 0 Å². The first kappa shape index (κ1) is 17.1. The number of aromatic nitrogens is 1. The molecule has 1 aromatic heterocycles. The second kappa shape index (κ2) is 6.76. The summed E-state index contributed by atoms with van der Waals surface area (Å²) >= 11 is 0. The third-order valence-electron chi connectivity index (χ3n) is 5.46. The zero-order valence-corrected chi connectivity index (χ0v) is 15.1. The van der Waals surface area contributed by atoms with Gasteiger partial charge in [-0.3, -0.25) is 0 Å². The van der Waals surface area contributed by atoms with Gasteiger partial charge in [-0.15, -0.1) is 0 Å². The van der Waals surface area contributed by atoms with Crippen molar-refractivity contribution in [1.29, 1.82) is 0 Å². The number of hydrogen-bond donors (Lipinski definition) is 0. The molecule has 3 heterocycles. The van der Waals surface area contributed by atoms with E-state index in [9.17, 15) is 4.39 Å². The molecular formula is C20H23FN2O3. The molecule has 0 unspecified atom stereocenters. The van der Waals surface area contributed by atoms with Crippen molar-refractivity contribution in [3.05, 3.63) is 47.4 Å². The van der Waals surface area contributed by atoms with Crippen LogP contribution in [0.1, 0.15) is 24.0 Å². The molecule has 1 saturated heterocycles. The Morgan fingerprint density at radius 3 is 2.58 bits per heavy atom. The minimum atomic E-state index is -0.352. The number of nitrogens with zero attached hydrogens (tertiary/aromatic N) is 2. The van der Waals surface area contributed by atoms with Crippen LogP contribution in [0.3, 0.4) is 0 Å². The molecule has 5 nitrogen and oxygen atoms in total. The molecule has 0 atom stereocenters. The van der Waals surface area contributed by atoms with E-state index in [1.54, 1.807) is 26.5 Å². The van der Waals surface area contributed by atoms with Gasteiger partial charge in [-0.25, -0.2) is 9.37 Å². The molecule has 0 aliphatic carbocycles. The summed E-state index contributed by atoms with van der Waals surface area (Å²) in [5, 5.41) is 0. The number of rotatable bonds is 3. The topological polar surface area (TPSA) is 43.8 Å². The highest BCUT2D eigenvalue weighted by molar-refractivity contribution is 5.51. The Morgan fingerprint density at radius 2 is 1.88 bits per heavy atom. The fourth-order valence-electron chi connectivity index (χ4n) is 4.09. The molecule has 0 bridgehead atoms. The van der Waals surface area contributed by atoms with E-state index >= 15 is 0 Å². The highest BCUT2D eigenvalue weighted by Crippen LogP contribution is 2.45. The number of anilines is 1. The van der Waals surface area contributed by atoms with E-state index in [0.717, 1.165) is 25.0 Å². The lowest BCUT2D eigenvalue weighted by Crippen LogP contribution is -2.47. The molecule has 2 aromatic rings. The summed E-state index contributed by atoms with van der Waals surface area (Å²) in [5.41, 5.74) is 2.06. The summed E-state index contributed by atoms with van der Waals surface area (Å²) in [5.74, 6) is 1.61. The standard InChI is InChI=1S/C20H23FN2O3/c1-24-17-12-14-5-11-26-20(15(14)13-18(17)25-2)6-9-23(10-7-20)19-16(21)4-3-8-22-19/h3-4,8,12-13H,5-7,9-11H2,1-2H3. The average molecular weight is 358 g/mol. The summed E-state index contributed by atoms with van der Waals surface area (Å²) in [6.07, 6.45) is 4.05. The Labute approximate surface area is 152 Å². The van der Waals surface area contributed by atoms with Crippen LogP contribution in [-0.4, -0.2) is 38.9 Å². The number of halogens is 1. The second-order valence-corrected chi connectivity index (χ2v) is 6.75. The number of methoxy groups -OCH3 is 2. The highest BCUT2D eigenvalue weighted by Gasteiger charge is 2.42. The van der Waals surface area contributed by atoms with Crippen molar-refractivity contribution in [3.8, 4) is 11.5 Å². The van der Waals surface area contributed by atoms with Crippen molar-refractivity contribution in [2.45, 2.75) is 24.9 Å². The maximum Gasteiger partial charge on any atom is 0.165 e. The Kier molecular flexibility index (Phi) is 4.44. The van der Waals surface area contributed by atoms with Gasteiger partial charge in [0, 0.05) is 19.3 Å².